The second kappa shape index (κ2) is 7.90. The quantitative estimate of drug-likeness (QED) is 0.407. The van der Waals surface area contributed by atoms with Gasteiger partial charge in [-0.25, -0.2) is 4.99 Å². The number of aromatic nitrogens is 3. The lowest BCUT2D eigenvalue weighted by Crippen LogP contribution is -2.38. The molecule has 4 aromatic rings. The topological polar surface area (TPSA) is 79.8 Å². The number of pyridine rings is 1. The Hall–Kier alpha value is -3.35. The number of aliphatic imine (C=N–C) groups is 1. The Bertz CT molecular complexity index is 1030. The first-order valence-corrected chi connectivity index (χ1v) is 9.12. The number of hydrogen-bond donors (Lipinski definition) is 2. The zero-order chi connectivity index (χ0) is 18.5. The van der Waals surface area contributed by atoms with E-state index in [0.717, 1.165) is 53.7 Å². The summed E-state index contributed by atoms with van der Waals surface area (Å²) in [7, 11) is 0. The Labute approximate surface area is 157 Å². The minimum atomic E-state index is 0.450. The molecule has 7 nitrogen and oxygen atoms in total. The zero-order valence-corrected chi connectivity index (χ0v) is 15.2. The van der Waals surface area contributed by atoms with Crippen molar-refractivity contribution in [3.05, 3.63) is 66.3 Å². The predicted molar refractivity (Wildman–Crippen MR) is 106 cm³/mol. The van der Waals surface area contributed by atoms with E-state index in [0.29, 0.717) is 6.54 Å². The number of guanidine groups is 1. The van der Waals surface area contributed by atoms with E-state index in [-0.39, 0.29) is 0 Å². The molecule has 0 bridgehead atoms. The highest BCUT2D eigenvalue weighted by atomic mass is 16.3. The molecular formula is C20H22N6O. The highest BCUT2D eigenvalue weighted by Crippen LogP contribution is 2.18. The molecule has 0 fully saturated rings. The average molecular weight is 362 g/mol. The molecule has 3 heterocycles. The standard InChI is InChI=1S/C20H22N6O/c1-2-21-20(23-14-19-25-24-18-9-5-6-12-26(18)19)22-11-10-16-13-15-7-3-4-8-17(15)27-16/h3-9,12-13H,2,10-11,14H2,1H3,(H2,21,22,23). The number of nitrogens with zero attached hydrogens (tertiary/aromatic N) is 4. The first kappa shape index (κ1) is 17.1. The highest BCUT2D eigenvalue weighted by molar-refractivity contribution is 5.80. The lowest BCUT2D eigenvalue weighted by molar-refractivity contribution is 0.544. The summed E-state index contributed by atoms with van der Waals surface area (Å²) in [6, 6.07) is 16.0. The number of nitrogens with one attached hydrogen (secondary N) is 2. The summed E-state index contributed by atoms with van der Waals surface area (Å²) < 4.78 is 7.80. The molecule has 0 aliphatic carbocycles. The third-order valence-corrected chi connectivity index (χ3v) is 4.25. The second-order valence-corrected chi connectivity index (χ2v) is 6.17. The highest BCUT2D eigenvalue weighted by Gasteiger charge is 2.06. The fourth-order valence-electron chi connectivity index (χ4n) is 2.95. The maximum Gasteiger partial charge on any atom is 0.191 e. The van der Waals surface area contributed by atoms with Crippen molar-refractivity contribution < 1.29 is 4.42 Å². The van der Waals surface area contributed by atoms with Crippen molar-refractivity contribution in [2.24, 2.45) is 4.99 Å². The molecule has 0 saturated carbocycles. The summed E-state index contributed by atoms with van der Waals surface area (Å²) >= 11 is 0. The average Bonchev–Trinajstić information content (AvgIpc) is 3.29. The van der Waals surface area contributed by atoms with Crippen molar-refractivity contribution in [1.82, 2.24) is 25.2 Å². The number of rotatable bonds is 6. The van der Waals surface area contributed by atoms with Gasteiger partial charge in [0.25, 0.3) is 0 Å². The molecule has 0 atom stereocenters. The second-order valence-electron chi connectivity index (χ2n) is 6.17. The van der Waals surface area contributed by atoms with E-state index >= 15 is 0 Å². The number of para-hydroxylation sites is 1. The monoisotopic (exact) mass is 362 g/mol. The van der Waals surface area contributed by atoms with E-state index in [1.807, 2.05) is 53.9 Å². The van der Waals surface area contributed by atoms with Crippen molar-refractivity contribution in [2.75, 3.05) is 13.1 Å². The smallest absolute Gasteiger partial charge is 0.191 e. The maximum absolute atomic E-state index is 5.86. The van der Waals surface area contributed by atoms with Gasteiger partial charge in [0, 0.05) is 31.1 Å². The molecule has 138 valence electrons. The molecule has 0 spiro atoms. The van der Waals surface area contributed by atoms with Crippen LogP contribution in [0.4, 0.5) is 0 Å². The van der Waals surface area contributed by atoms with Gasteiger partial charge in [0.05, 0.1) is 0 Å². The fourth-order valence-corrected chi connectivity index (χ4v) is 2.95. The molecular weight excluding hydrogens is 340 g/mol. The third-order valence-electron chi connectivity index (χ3n) is 4.25. The molecule has 7 heteroatoms. The van der Waals surface area contributed by atoms with Crippen LogP contribution in [-0.4, -0.2) is 33.6 Å². The Morgan fingerprint density at radius 2 is 2.00 bits per heavy atom. The van der Waals surface area contributed by atoms with Crippen LogP contribution in [0.25, 0.3) is 16.6 Å². The SMILES string of the molecule is CCNC(=NCc1nnc2ccccn12)NCCc1cc2ccccc2o1. The predicted octanol–water partition coefficient (Wildman–Crippen LogP) is 2.77. The number of furan rings is 1. The molecule has 0 radical (unpaired) electrons. The summed E-state index contributed by atoms with van der Waals surface area (Å²) in [6.07, 6.45) is 2.73. The van der Waals surface area contributed by atoms with Gasteiger partial charge in [-0.1, -0.05) is 24.3 Å². The van der Waals surface area contributed by atoms with Crippen molar-refractivity contribution in [3.63, 3.8) is 0 Å². The molecule has 4 rings (SSSR count). The van der Waals surface area contributed by atoms with Gasteiger partial charge in [0.15, 0.2) is 17.4 Å². The maximum atomic E-state index is 5.86. The van der Waals surface area contributed by atoms with Crippen LogP contribution in [0.2, 0.25) is 0 Å². The fraction of sp³-hybridized carbons (Fsp3) is 0.250. The van der Waals surface area contributed by atoms with Crippen molar-refractivity contribution >= 4 is 22.6 Å². The van der Waals surface area contributed by atoms with E-state index < -0.39 is 0 Å². The van der Waals surface area contributed by atoms with E-state index in [2.05, 4.69) is 38.0 Å². The number of fused-ring (bicyclic) bond motifs is 2. The van der Waals surface area contributed by atoms with Gasteiger partial charge in [-0.2, -0.15) is 0 Å². The summed E-state index contributed by atoms with van der Waals surface area (Å²) in [6.45, 7) is 4.01. The van der Waals surface area contributed by atoms with Crippen LogP contribution >= 0.6 is 0 Å². The summed E-state index contributed by atoms with van der Waals surface area (Å²) in [5.74, 6) is 2.52. The Kier molecular flexibility index (Phi) is 5.00. The van der Waals surface area contributed by atoms with Gasteiger partial charge in [0.1, 0.15) is 17.9 Å². The van der Waals surface area contributed by atoms with Crippen LogP contribution in [-0.2, 0) is 13.0 Å². The summed E-state index contributed by atoms with van der Waals surface area (Å²) in [5.41, 5.74) is 1.75. The molecule has 0 aliphatic rings. The van der Waals surface area contributed by atoms with Gasteiger partial charge in [-0.05, 0) is 31.2 Å². The largest absolute Gasteiger partial charge is 0.461 e. The van der Waals surface area contributed by atoms with Gasteiger partial charge in [0.2, 0.25) is 0 Å². The number of benzene rings is 1. The van der Waals surface area contributed by atoms with Crippen LogP contribution in [0.5, 0.6) is 0 Å². The Balaban J connectivity index is 1.39. The molecule has 1 aromatic carbocycles. The molecule has 27 heavy (non-hydrogen) atoms. The van der Waals surface area contributed by atoms with Crippen LogP contribution < -0.4 is 10.6 Å². The summed E-state index contributed by atoms with van der Waals surface area (Å²) in [5, 5.41) is 16.1. The number of hydrogen-bond acceptors (Lipinski definition) is 4. The van der Waals surface area contributed by atoms with E-state index in [4.69, 9.17) is 4.42 Å². The molecule has 2 N–H and O–H groups in total. The van der Waals surface area contributed by atoms with Gasteiger partial charge in [-0.15, -0.1) is 10.2 Å². The van der Waals surface area contributed by atoms with Crippen LogP contribution in [0.1, 0.15) is 18.5 Å². The molecule has 3 aromatic heterocycles. The molecule has 0 amide bonds. The minimum Gasteiger partial charge on any atom is -0.461 e. The minimum absolute atomic E-state index is 0.450. The van der Waals surface area contributed by atoms with Gasteiger partial charge < -0.3 is 15.1 Å². The lowest BCUT2D eigenvalue weighted by atomic mass is 10.2. The van der Waals surface area contributed by atoms with Crippen molar-refractivity contribution in [2.45, 2.75) is 19.9 Å². The third kappa shape index (κ3) is 3.92. The van der Waals surface area contributed by atoms with Crippen LogP contribution in [0, 0.1) is 0 Å². The Morgan fingerprint density at radius 1 is 1.11 bits per heavy atom. The Morgan fingerprint density at radius 3 is 2.89 bits per heavy atom. The van der Waals surface area contributed by atoms with E-state index in [1.54, 1.807) is 0 Å². The normalized spacial score (nSPS) is 12.0. The zero-order valence-electron chi connectivity index (χ0n) is 15.2. The molecule has 0 aliphatic heterocycles. The summed E-state index contributed by atoms with van der Waals surface area (Å²) in [4.78, 5) is 4.62. The van der Waals surface area contributed by atoms with Crippen molar-refractivity contribution in [1.29, 1.82) is 0 Å². The van der Waals surface area contributed by atoms with Crippen LogP contribution in [0.3, 0.4) is 0 Å². The first-order valence-electron chi connectivity index (χ1n) is 9.12. The molecule has 0 unspecified atom stereocenters. The van der Waals surface area contributed by atoms with Gasteiger partial charge in [-0.3, -0.25) is 4.40 Å². The van der Waals surface area contributed by atoms with E-state index in [9.17, 15) is 0 Å². The van der Waals surface area contributed by atoms with E-state index in [1.165, 1.54) is 0 Å². The lowest BCUT2D eigenvalue weighted by Gasteiger charge is -2.10. The molecule has 0 saturated heterocycles. The van der Waals surface area contributed by atoms with Gasteiger partial charge >= 0.3 is 0 Å². The first-order chi connectivity index (χ1) is 13.3. The van der Waals surface area contributed by atoms with Crippen LogP contribution in [0.15, 0.2) is 64.1 Å². The van der Waals surface area contributed by atoms with Crippen molar-refractivity contribution in [3.8, 4) is 0 Å².